The van der Waals surface area contributed by atoms with Crippen LogP contribution in [0.3, 0.4) is 0 Å². The minimum Gasteiger partial charge on any atom is -0.497 e. The molecule has 1 aliphatic heterocycles. The van der Waals surface area contributed by atoms with Crippen LogP contribution in [0.2, 0.25) is 0 Å². The number of esters is 1. The second-order valence-electron chi connectivity index (χ2n) is 4.94. The summed E-state index contributed by atoms with van der Waals surface area (Å²) in [4.78, 5) is 22.7. The van der Waals surface area contributed by atoms with Crippen molar-refractivity contribution in [3.05, 3.63) is 29.8 Å². The largest absolute Gasteiger partial charge is 0.508 e. The van der Waals surface area contributed by atoms with Crippen LogP contribution in [-0.4, -0.2) is 39.1 Å². The van der Waals surface area contributed by atoms with Gasteiger partial charge in [-0.05, 0) is 31.2 Å². The van der Waals surface area contributed by atoms with Crippen LogP contribution in [-0.2, 0) is 14.2 Å². The summed E-state index contributed by atoms with van der Waals surface area (Å²) in [5, 5.41) is 0. The first-order chi connectivity index (χ1) is 9.52. The zero-order chi connectivity index (χ0) is 14.6. The highest BCUT2D eigenvalue weighted by molar-refractivity contribution is 5.89. The maximum atomic E-state index is 11.9. The van der Waals surface area contributed by atoms with Crippen molar-refractivity contribution < 1.29 is 28.5 Å². The van der Waals surface area contributed by atoms with Gasteiger partial charge in [0.1, 0.15) is 25.6 Å². The predicted octanol–water partition coefficient (Wildman–Crippen LogP) is 2.03. The first kappa shape index (κ1) is 14.2. The van der Waals surface area contributed by atoms with E-state index in [0.717, 1.165) is 0 Å². The number of rotatable bonds is 4. The maximum absolute atomic E-state index is 11.9. The van der Waals surface area contributed by atoms with Gasteiger partial charge >= 0.3 is 12.1 Å². The van der Waals surface area contributed by atoms with Crippen molar-refractivity contribution in [2.45, 2.75) is 6.92 Å². The Morgan fingerprint density at radius 3 is 2.40 bits per heavy atom. The summed E-state index contributed by atoms with van der Waals surface area (Å²) < 4.78 is 19.8. The van der Waals surface area contributed by atoms with E-state index >= 15 is 0 Å². The fraction of sp³-hybridized carbons (Fsp3) is 0.429. The highest BCUT2D eigenvalue weighted by Crippen LogP contribution is 2.23. The molecule has 2 rings (SSSR count). The number of hydrogen-bond acceptors (Lipinski definition) is 6. The average Bonchev–Trinajstić information content (AvgIpc) is 2.48. The highest BCUT2D eigenvalue weighted by atomic mass is 16.7. The number of hydrogen-bond donors (Lipinski definition) is 0. The van der Waals surface area contributed by atoms with E-state index in [1.807, 2.05) is 6.92 Å². The molecule has 1 aromatic rings. The zero-order valence-electron chi connectivity index (χ0n) is 11.4. The first-order valence-corrected chi connectivity index (χ1v) is 6.13. The molecule has 0 unspecified atom stereocenters. The lowest BCUT2D eigenvalue weighted by molar-refractivity contribution is -0.0755. The van der Waals surface area contributed by atoms with Crippen molar-refractivity contribution in [1.29, 1.82) is 0 Å². The van der Waals surface area contributed by atoms with E-state index in [-0.39, 0.29) is 19.8 Å². The molecule has 0 saturated carbocycles. The summed E-state index contributed by atoms with van der Waals surface area (Å²) in [5.74, 6) is 0.229. The molecule has 6 nitrogen and oxygen atoms in total. The third-order valence-corrected chi connectivity index (χ3v) is 2.95. The fourth-order valence-corrected chi connectivity index (χ4v) is 1.68. The first-order valence-electron chi connectivity index (χ1n) is 6.13. The van der Waals surface area contributed by atoms with Gasteiger partial charge in [-0.15, -0.1) is 0 Å². The summed E-state index contributed by atoms with van der Waals surface area (Å²) in [7, 11) is 1.55. The van der Waals surface area contributed by atoms with Crippen molar-refractivity contribution in [1.82, 2.24) is 0 Å². The van der Waals surface area contributed by atoms with E-state index in [1.165, 1.54) is 0 Å². The fourth-order valence-electron chi connectivity index (χ4n) is 1.68. The molecule has 108 valence electrons. The van der Waals surface area contributed by atoms with Crippen molar-refractivity contribution in [3.8, 4) is 5.75 Å². The minimum atomic E-state index is -0.691. The molecule has 0 amide bonds. The molecule has 1 aromatic carbocycles. The Balaban J connectivity index is 1.89. The second-order valence-corrected chi connectivity index (χ2v) is 4.94. The van der Waals surface area contributed by atoms with Crippen molar-refractivity contribution in [2.24, 2.45) is 5.41 Å². The molecule has 0 aliphatic carbocycles. The van der Waals surface area contributed by atoms with E-state index in [4.69, 9.17) is 18.9 Å². The Hall–Kier alpha value is -2.24. The molecule has 1 aliphatic rings. The Bertz CT molecular complexity index is 483. The summed E-state index contributed by atoms with van der Waals surface area (Å²) in [6, 6.07) is 6.62. The van der Waals surface area contributed by atoms with Crippen LogP contribution < -0.4 is 4.74 Å². The van der Waals surface area contributed by atoms with Crippen LogP contribution >= 0.6 is 0 Å². The van der Waals surface area contributed by atoms with Gasteiger partial charge in [-0.2, -0.15) is 0 Å². The standard InChI is InChI=1S/C14H16O6/c1-14(8-19-13(16)20-9-14)7-18-12(15)10-3-5-11(17-2)6-4-10/h3-6H,7-9H2,1-2H3. The maximum Gasteiger partial charge on any atom is 0.508 e. The normalized spacial score (nSPS) is 16.8. The van der Waals surface area contributed by atoms with Gasteiger partial charge in [-0.25, -0.2) is 9.59 Å². The molecular weight excluding hydrogens is 264 g/mol. The second kappa shape index (κ2) is 5.81. The van der Waals surface area contributed by atoms with E-state index in [1.54, 1.807) is 31.4 Å². The van der Waals surface area contributed by atoms with Gasteiger partial charge in [0, 0.05) is 0 Å². The van der Waals surface area contributed by atoms with Gasteiger partial charge in [0.05, 0.1) is 18.1 Å². The number of carbonyl (C=O) groups excluding carboxylic acids is 2. The molecule has 1 saturated heterocycles. The lowest BCUT2D eigenvalue weighted by Crippen LogP contribution is -2.41. The van der Waals surface area contributed by atoms with Gasteiger partial charge in [-0.3, -0.25) is 0 Å². The van der Waals surface area contributed by atoms with E-state index in [9.17, 15) is 9.59 Å². The molecule has 0 bridgehead atoms. The summed E-state index contributed by atoms with van der Waals surface area (Å²) >= 11 is 0. The SMILES string of the molecule is COc1ccc(C(=O)OCC2(C)COC(=O)OC2)cc1. The summed E-state index contributed by atoms with van der Waals surface area (Å²) in [5.41, 5.74) is -0.0844. The molecule has 1 fully saturated rings. The quantitative estimate of drug-likeness (QED) is 0.786. The third-order valence-electron chi connectivity index (χ3n) is 2.95. The van der Waals surface area contributed by atoms with Gasteiger partial charge in [0.2, 0.25) is 0 Å². The monoisotopic (exact) mass is 280 g/mol. The summed E-state index contributed by atoms with van der Waals surface area (Å²) in [6.45, 7) is 2.27. The Labute approximate surface area is 116 Å². The average molecular weight is 280 g/mol. The van der Waals surface area contributed by atoms with Crippen molar-refractivity contribution in [3.63, 3.8) is 0 Å². The number of carbonyl (C=O) groups is 2. The smallest absolute Gasteiger partial charge is 0.497 e. The molecule has 0 N–H and O–H groups in total. The lowest BCUT2D eigenvalue weighted by Gasteiger charge is -2.31. The number of cyclic esters (lactones) is 2. The van der Waals surface area contributed by atoms with Crippen molar-refractivity contribution in [2.75, 3.05) is 26.9 Å². The zero-order valence-corrected chi connectivity index (χ0v) is 11.4. The van der Waals surface area contributed by atoms with Crippen LogP contribution in [0, 0.1) is 5.41 Å². The van der Waals surface area contributed by atoms with Crippen LogP contribution in [0.1, 0.15) is 17.3 Å². The molecule has 0 spiro atoms. The number of benzene rings is 1. The third kappa shape index (κ3) is 3.40. The predicted molar refractivity (Wildman–Crippen MR) is 68.7 cm³/mol. The number of ether oxygens (including phenoxy) is 4. The Morgan fingerprint density at radius 2 is 1.85 bits per heavy atom. The Morgan fingerprint density at radius 1 is 1.25 bits per heavy atom. The minimum absolute atomic E-state index is 0.116. The molecule has 20 heavy (non-hydrogen) atoms. The topological polar surface area (TPSA) is 71.1 Å². The molecule has 0 atom stereocenters. The Kier molecular flexibility index (Phi) is 4.12. The lowest BCUT2D eigenvalue weighted by atomic mass is 9.94. The van der Waals surface area contributed by atoms with Gasteiger partial charge in [0.25, 0.3) is 0 Å². The van der Waals surface area contributed by atoms with Gasteiger partial charge in [-0.1, -0.05) is 0 Å². The van der Waals surface area contributed by atoms with Crippen LogP contribution in [0.15, 0.2) is 24.3 Å². The van der Waals surface area contributed by atoms with Crippen molar-refractivity contribution >= 4 is 12.1 Å². The van der Waals surface area contributed by atoms with E-state index < -0.39 is 17.5 Å². The van der Waals surface area contributed by atoms with Gasteiger partial charge < -0.3 is 18.9 Å². The van der Waals surface area contributed by atoms with E-state index in [2.05, 4.69) is 0 Å². The highest BCUT2D eigenvalue weighted by Gasteiger charge is 2.34. The molecule has 6 heteroatoms. The molecule has 0 radical (unpaired) electrons. The van der Waals surface area contributed by atoms with E-state index in [0.29, 0.717) is 11.3 Å². The van der Waals surface area contributed by atoms with Crippen LogP contribution in [0.25, 0.3) is 0 Å². The molecule has 1 heterocycles. The van der Waals surface area contributed by atoms with Crippen LogP contribution in [0.5, 0.6) is 5.75 Å². The molecular formula is C14H16O6. The molecule has 0 aromatic heterocycles. The van der Waals surface area contributed by atoms with Crippen LogP contribution in [0.4, 0.5) is 4.79 Å². The number of methoxy groups -OCH3 is 1. The summed E-state index contributed by atoms with van der Waals surface area (Å²) in [6.07, 6.45) is -0.691. The van der Waals surface area contributed by atoms with Gasteiger partial charge in [0.15, 0.2) is 0 Å².